The molecule has 0 fully saturated rings. The van der Waals surface area contributed by atoms with Gasteiger partial charge < -0.3 is 9.64 Å². The number of hydrogen-bond donors (Lipinski definition) is 0. The molecule has 0 unspecified atom stereocenters. The summed E-state index contributed by atoms with van der Waals surface area (Å²) in [6, 6.07) is 5.77. The predicted molar refractivity (Wildman–Crippen MR) is 79.8 cm³/mol. The van der Waals surface area contributed by atoms with Gasteiger partial charge in [0.1, 0.15) is 12.4 Å². The second-order valence-electron chi connectivity index (χ2n) is 4.32. The van der Waals surface area contributed by atoms with E-state index in [0.29, 0.717) is 13.0 Å². The maximum atomic E-state index is 11.7. The average molecular weight is 322 g/mol. The largest absolute Gasteiger partial charge is 0.490 e. The van der Waals surface area contributed by atoms with Crippen molar-refractivity contribution in [2.75, 3.05) is 13.7 Å². The lowest BCUT2D eigenvalue weighted by Crippen LogP contribution is -2.27. The van der Waals surface area contributed by atoms with Gasteiger partial charge in [0.15, 0.2) is 0 Å². The van der Waals surface area contributed by atoms with Crippen LogP contribution < -0.4 is 4.74 Å². The fraction of sp³-hybridized carbons (Fsp3) is 0.267. The molecule has 2 rings (SSSR count). The number of ether oxygens (including phenoxy) is 1. The van der Waals surface area contributed by atoms with Crippen molar-refractivity contribution < 1.29 is 9.53 Å². The molecule has 0 aromatic heterocycles. The summed E-state index contributed by atoms with van der Waals surface area (Å²) in [5.74, 6) is 0.928. The molecule has 0 saturated carbocycles. The zero-order valence-electron chi connectivity index (χ0n) is 10.9. The Morgan fingerprint density at radius 1 is 1.53 bits per heavy atom. The van der Waals surface area contributed by atoms with E-state index in [1.54, 1.807) is 11.0 Å². The van der Waals surface area contributed by atoms with Gasteiger partial charge in [-0.2, -0.15) is 0 Å². The highest BCUT2D eigenvalue weighted by Crippen LogP contribution is 2.32. The SMILES string of the molecule is C=CCOc1ccc(C2=CCCC(=O)N2C)c(Br)c1. The molecule has 19 heavy (non-hydrogen) atoms. The van der Waals surface area contributed by atoms with Crippen LogP contribution >= 0.6 is 15.9 Å². The third kappa shape index (κ3) is 3.07. The van der Waals surface area contributed by atoms with Crippen molar-refractivity contribution in [2.45, 2.75) is 12.8 Å². The highest BCUT2D eigenvalue weighted by molar-refractivity contribution is 9.10. The van der Waals surface area contributed by atoms with Crippen molar-refractivity contribution >= 4 is 27.5 Å². The van der Waals surface area contributed by atoms with Gasteiger partial charge in [-0.05, 0) is 40.5 Å². The highest BCUT2D eigenvalue weighted by atomic mass is 79.9. The molecule has 0 aliphatic carbocycles. The Bertz CT molecular complexity index is 537. The van der Waals surface area contributed by atoms with Crippen LogP contribution in [0.2, 0.25) is 0 Å². The molecular weight excluding hydrogens is 306 g/mol. The number of allylic oxidation sites excluding steroid dienone is 1. The molecule has 0 saturated heterocycles. The van der Waals surface area contributed by atoms with Gasteiger partial charge in [-0.25, -0.2) is 0 Å². The van der Waals surface area contributed by atoms with Crippen molar-refractivity contribution in [3.8, 4) is 5.75 Å². The first-order valence-electron chi connectivity index (χ1n) is 6.14. The number of carbonyl (C=O) groups excluding carboxylic acids is 1. The normalized spacial score (nSPS) is 15.2. The molecule has 1 aromatic carbocycles. The quantitative estimate of drug-likeness (QED) is 0.793. The first-order chi connectivity index (χ1) is 9.13. The lowest BCUT2D eigenvalue weighted by atomic mass is 10.0. The van der Waals surface area contributed by atoms with E-state index in [9.17, 15) is 4.79 Å². The zero-order chi connectivity index (χ0) is 13.8. The summed E-state index contributed by atoms with van der Waals surface area (Å²) in [5.41, 5.74) is 1.94. The van der Waals surface area contributed by atoms with Crippen molar-refractivity contribution in [3.05, 3.63) is 47.0 Å². The number of carbonyl (C=O) groups is 1. The Labute approximate surface area is 121 Å². The van der Waals surface area contributed by atoms with Crippen LogP contribution in [0.4, 0.5) is 0 Å². The van der Waals surface area contributed by atoms with Crippen LogP contribution in [0.15, 0.2) is 41.4 Å². The van der Waals surface area contributed by atoms with E-state index in [1.807, 2.05) is 25.2 Å². The Balaban J connectivity index is 2.28. The molecule has 1 amide bonds. The van der Waals surface area contributed by atoms with Crippen LogP contribution in [-0.4, -0.2) is 24.5 Å². The standard InChI is InChI=1S/C15H16BrNO2/c1-3-9-19-11-7-8-12(13(16)10-11)14-5-4-6-15(18)17(14)2/h3,5,7-8,10H,1,4,6,9H2,2H3. The first kappa shape index (κ1) is 13.9. The minimum atomic E-state index is 0.149. The van der Waals surface area contributed by atoms with Gasteiger partial charge in [0.25, 0.3) is 0 Å². The second-order valence-corrected chi connectivity index (χ2v) is 5.18. The number of rotatable bonds is 4. The summed E-state index contributed by atoms with van der Waals surface area (Å²) in [6.07, 6.45) is 5.17. The Kier molecular flexibility index (Phi) is 4.43. The molecule has 100 valence electrons. The molecule has 0 radical (unpaired) electrons. The molecule has 0 atom stereocenters. The number of hydrogen-bond acceptors (Lipinski definition) is 2. The third-order valence-electron chi connectivity index (χ3n) is 3.02. The minimum absolute atomic E-state index is 0.149. The maximum absolute atomic E-state index is 11.7. The van der Waals surface area contributed by atoms with Crippen molar-refractivity contribution in [1.29, 1.82) is 0 Å². The van der Waals surface area contributed by atoms with E-state index in [2.05, 4.69) is 28.6 Å². The third-order valence-corrected chi connectivity index (χ3v) is 3.67. The molecule has 0 spiro atoms. The van der Waals surface area contributed by atoms with Gasteiger partial charge in [-0.3, -0.25) is 4.79 Å². The molecule has 1 aliphatic heterocycles. The van der Waals surface area contributed by atoms with E-state index >= 15 is 0 Å². The first-order valence-corrected chi connectivity index (χ1v) is 6.93. The summed E-state index contributed by atoms with van der Waals surface area (Å²) in [4.78, 5) is 13.4. The van der Waals surface area contributed by atoms with Crippen LogP contribution in [0.1, 0.15) is 18.4 Å². The zero-order valence-corrected chi connectivity index (χ0v) is 12.4. The van der Waals surface area contributed by atoms with E-state index in [4.69, 9.17) is 4.74 Å². The van der Waals surface area contributed by atoms with Gasteiger partial charge in [-0.1, -0.05) is 18.7 Å². The second kappa shape index (κ2) is 6.06. The summed E-state index contributed by atoms with van der Waals surface area (Å²) < 4.78 is 6.40. The number of halogens is 1. The predicted octanol–water partition coefficient (Wildman–Crippen LogP) is 3.61. The topological polar surface area (TPSA) is 29.5 Å². The molecule has 1 heterocycles. The highest BCUT2D eigenvalue weighted by Gasteiger charge is 2.20. The van der Waals surface area contributed by atoms with E-state index < -0.39 is 0 Å². The lowest BCUT2D eigenvalue weighted by molar-refractivity contribution is -0.127. The Hall–Kier alpha value is -1.55. The van der Waals surface area contributed by atoms with Gasteiger partial charge in [0.2, 0.25) is 5.91 Å². The smallest absolute Gasteiger partial charge is 0.227 e. The van der Waals surface area contributed by atoms with E-state index in [-0.39, 0.29) is 5.91 Å². The maximum Gasteiger partial charge on any atom is 0.227 e. The summed E-state index contributed by atoms with van der Waals surface area (Å²) >= 11 is 3.54. The molecule has 0 bridgehead atoms. The van der Waals surface area contributed by atoms with Crippen molar-refractivity contribution in [3.63, 3.8) is 0 Å². The monoisotopic (exact) mass is 321 g/mol. The van der Waals surface area contributed by atoms with Crippen molar-refractivity contribution in [1.82, 2.24) is 4.90 Å². The Morgan fingerprint density at radius 3 is 3.00 bits per heavy atom. The summed E-state index contributed by atoms with van der Waals surface area (Å²) in [5, 5.41) is 0. The molecule has 1 aromatic rings. The van der Waals surface area contributed by atoms with Gasteiger partial charge in [-0.15, -0.1) is 0 Å². The van der Waals surface area contributed by atoms with Crippen LogP contribution in [0.3, 0.4) is 0 Å². The van der Waals surface area contributed by atoms with Crippen LogP contribution in [0, 0.1) is 0 Å². The Morgan fingerprint density at radius 2 is 2.32 bits per heavy atom. The molecule has 3 nitrogen and oxygen atoms in total. The molecular formula is C15H16BrNO2. The van der Waals surface area contributed by atoms with Gasteiger partial charge in [0.05, 0.1) is 0 Å². The number of benzene rings is 1. The van der Waals surface area contributed by atoms with E-state index in [0.717, 1.165) is 27.9 Å². The van der Waals surface area contributed by atoms with E-state index in [1.165, 1.54) is 0 Å². The fourth-order valence-electron chi connectivity index (χ4n) is 2.01. The van der Waals surface area contributed by atoms with Crippen LogP contribution in [-0.2, 0) is 4.79 Å². The van der Waals surface area contributed by atoms with Crippen molar-refractivity contribution in [2.24, 2.45) is 0 Å². The summed E-state index contributed by atoms with van der Waals surface area (Å²) in [7, 11) is 1.81. The average Bonchev–Trinajstić information content (AvgIpc) is 2.40. The van der Waals surface area contributed by atoms with Crippen LogP contribution in [0.25, 0.3) is 5.70 Å². The van der Waals surface area contributed by atoms with Crippen LogP contribution in [0.5, 0.6) is 5.75 Å². The molecule has 0 N–H and O–H groups in total. The number of amides is 1. The molecule has 4 heteroatoms. The summed E-state index contributed by atoms with van der Waals surface area (Å²) in [6.45, 7) is 4.10. The van der Waals surface area contributed by atoms with Gasteiger partial charge in [0, 0.05) is 29.2 Å². The molecule has 1 aliphatic rings. The lowest BCUT2D eigenvalue weighted by Gasteiger charge is -2.25. The fourth-order valence-corrected chi connectivity index (χ4v) is 2.57. The number of nitrogens with zero attached hydrogens (tertiary/aromatic N) is 1. The minimum Gasteiger partial charge on any atom is -0.490 e. The van der Waals surface area contributed by atoms with Gasteiger partial charge >= 0.3 is 0 Å².